The lowest BCUT2D eigenvalue weighted by Crippen LogP contribution is -2.37. The van der Waals surface area contributed by atoms with Gasteiger partial charge in [0, 0.05) is 13.2 Å². The van der Waals surface area contributed by atoms with Crippen molar-refractivity contribution in [2.24, 2.45) is 5.92 Å². The summed E-state index contributed by atoms with van der Waals surface area (Å²) in [5.41, 5.74) is -0.195. The van der Waals surface area contributed by atoms with E-state index in [9.17, 15) is 0 Å². The molecule has 2 rings (SSSR count). The van der Waals surface area contributed by atoms with Gasteiger partial charge in [-0.25, -0.2) is 0 Å². The maximum atomic E-state index is 6.32. The van der Waals surface area contributed by atoms with Crippen molar-refractivity contribution < 1.29 is 14.2 Å². The van der Waals surface area contributed by atoms with Crippen LogP contribution in [0.5, 0.6) is 0 Å². The van der Waals surface area contributed by atoms with Gasteiger partial charge < -0.3 is 14.2 Å². The molecule has 0 aromatic rings. The number of hydrogen-bond acceptors (Lipinski definition) is 3. The van der Waals surface area contributed by atoms with Crippen LogP contribution in [0, 0.1) is 5.92 Å². The van der Waals surface area contributed by atoms with E-state index in [1.807, 2.05) is 0 Å². The van der Waals surface area contributed by atoms with Gasteiger partial charge in [-0.3, -0.25) is 0 Å². The molecule has 0 aromatic heterocycles. The third-order valence-electron chi connectivity index (χ3n) is 4.16. The summed E-state index contributed by atoms with van der Waals surface area (Å²) in [6, 6.07) is 0. The number of fused-ring (bicyclic) bond motifs is 1. The van der Waals surface area contributed by atoms with E-state index in [1.54, 1.807) is 0 Å². The van der Waals surface area contributed by atoms with E-state index in [2.05, 4.69) is 34.6 Å². The van der Waals surface area contributed by atoms with Crippen LogP contribution in [0.2, 0.25) is 0 Å². The van der Waals surface area contributed by atoms with E-state index in [4.69, 9.17) is 14.2 Å². The Balaban J connectivity index is 1.77. The number of hydrogen-bond donors (Lipinski definition) is 0. The Labute approximate surface area is 118 Å². The fourth-order valence-corrected chi connectivity index (χ4v) is 3.12. The topological polar surface area (TPSA) is 27.7 Å². The largest absolute Gasteiger partial charge is 0.376 e. The van der Waals surface area contributed by atoms with Crippen molar-refractivity contribution in [2.75, 3.05) is 13.2 Å². The number of ether oxygens (including phenoxy) is 3. The monoisotopic (exact) mass is 270 g/mol. The van der Waals surface area contributed by atoms with Crippen molar-refractivity contribution in [3.05, 3.63) is 0 Å². The van der Waals surface area contributed by atoms with E-state index < -0.39 is 0 Å². The summed E-state index contributed by atoms with van der Waals surface area (Å²) < 4.78 is 18.0. The Morgan fingerprint density at radius 1 is 1.05 bits per heavy atom. The summed E-state index contributed by atoms with van der Waals surface area (Å²) in [7, 11) is 0. The molecule has 0 N–H and O–H groups in total. The zero-order valence-corrected chi connectivity index (χ0v) is 13.2. The lowest BCUT2D eigenvalue weighted by atomic mass is 10.0. The Bertz CT molecular complexity index is 293. The minimum atomic E-state index is -0.128. The molecule has 19 heavy (non-hydrogen) atoms. The van der Waals surface area contributed by atoms with Gasteiger partial charge >= 0.3 is 0 Å². The summed E-state index contributed by atoms with van der Waals surface area (Å²) in [6.07, 6.45) is 5.21. The molecule has 0 spiro atoms. The van der Waals surface area contributed by atoms with Crippen molar-refractivity contribution >= 4 is 0 Å². The Hall–Kier alpha value is -0.120. The van der Waals surface area contributed by atoms with Gasteiger partial charge in [-0.05, 0) is 66.2 Å². The van der Waals surface area contributed by atoms with Gasteiger partial charge in [0.25, 0.3) is 0 Å². The third kappa shape index (κ3) is 4.44. The van der Waals surface area contributed by atoms with Crippen LogP contribution in [0.25, 0.3) is 0 Å². The minimum Gasteiger partial charge on any atom is -0.376 e. The van der Waals surface area contributed by atoms with Crippen molar-refractivity contribution in [3.63, 3.8) is 0 Å². The Morgan fingerprint density at radius 2 is 1.79 bits per heavy atom. The second kappa shape index (κ2) is 5.71. The number of rotatable bonds is 5. The highest BCUT2D eigenvalue weighted by molar-refractivity contribution is 4.92. The maximum Gasteiger partial charge on any atom is 0.0865 e. The van der Waals surface area contributed by atoms with Crippen molar-refractivity contribution in [3.8, 4) is 0 Å². The smallest absolute Gasteiger partial charge is 0.0865 e. The average Bonchev–Trinajstić information content (AvgIpc) is 2.80. The first kappa shape index (κ1) is 15.3. The van der Waals surface area contributed by atoms with Crippen molar-refractivity contribution in [2.45, 2.75) is 83.7 Å². The Morgan fingerprint density at radius 3 is 2.47 bits per heavy atom. The van der Waals surface area contributed by atoms with Gasteiger partial charge in [0.2, 0.25) is 0 Å². The van der Waals surface area contributed by atoms with E-state index in [1.165, 1.54) is 12.8 Å². The van der Waals surface area contributed by atoms with Gasteiger partial charge in [-0.15, -0.1) is 0 Å². The molecule has 0 bridgehead atoms. The molecule has 1 saturated carbocycles. The molecular weight excluding hydrogens is 240 g/mol. The molecule has 1 heterocycles. The van der Waals surface area contributed by atoms with Crippen LogP contribution in [-0.2, 0) is 14.2 Å². The van der Waals surface area contributed by atoms with Crippen LogP contribution < -0.4 is 0 Å². The predicted octanol–water partition coefficient (Wildman–Crippen LogP) is 3.55. The lowest BCUT2D eigenvalue weighted by molar-refractivity contribution is -0.131. The van der Waals surface area contributed by atoms with E-state index >= 15 is 0 Å². The molecule has 2 fully saturated rings. The first-order valence-corrected chi connectivity index (χ1v) is 7.70. The summed E-state index contributed by atoms with van der Waals surface area (Å²) in [4.78, 5) is 0. The highest BCUT2D eigenvalue weighted by Crippen LogP contribution is 2.39. The summed E-state index contributed by atoms with van der Waals surface area (Å²) >= 11 is 0. The highest BCUT2D eigenvalue weighted by Gasteiger charge is 2.43. The van der Waals surface area contributed by atoms with Gasteiger partial charge in [0.05, 0.1) is 23.4 Å². The molecule has 1 aliphatic carbocycles. The highest BCUT2D eigenvalue weighted by atomic mass is 16.6. The van der Waals surface area contributed by atoms with Gasteiger partial charge in [0.15, 0.2) is 0 Å². The maximum absolute atomic E-state index is 6.32. The van der Waals surface area contributed by atoms with Crippen LogP contribution in [-0.4, -0.2) is 36.6 Å². The van der Waals surface area contributed by atoms with Crippen LogP contribution in [0.1, 0.15) is 60.3 Å². The predicted molar refractivity (Wildman–Crippen MR) is 76.4 cm³/mol. The van der Waals surface area contributed by atoms with Gasteiger partial charge in [0.1, 0.15) is 0 Å². The van der Waals surface area contributed by atoms with Crippen molar-refractivity contribution in [1.82, 2.24) is 0 Å². The van der Waals surface area contributed by atoms with E-state index in [0.717, 1.165) is 32.0 Å². The molecule has 0 aromatic carbocycles. The molecule has 0 amide bonds. The fourth-order valence-electron chi connectivity index (χ4n) is 3.12. The summed E-state index contributed by atoms with van der Waals surface area (Å²) in [5.74, 6) is 0.742. The standard InChI is InChI=1S/C16H30O3/c1-15(2,3)18-11-9-16(4,5)19-13-7-6-12-8-10-17-14(12)13/h12-14H,6-11H2,1-5H3. The molecule has 3 atom stereocenters. The minimum absolute atomic E-state index is 0.0664. The molecular formula is C16H30O3. The normalized spacial score (nSPS) is 31.7. The zero-order valence-electron chi connectivity index (χ0n) is 13.2. The molecule has 0 radical (unpaired) electrons. The van der Waals surface area contributed by atoms with Crippen LogP contribution in [0.3, 0.4) is 0 Å². The van der Waals surface area contributed by atoms with Crippen LogP contribution in [0.15, 0.2) is 0 Å². The average molecular weight is 270 g/mol. The quantitative estimate of drug-likeness (QED) is 0.764. The molecule has 3 unspecified atom stereocenters. The van der Waals surface area contributed by atoms with E-state index in [-0.39, 0.29) is 17.3 Å². The third-order valence-corrected chi connectivity index (χ3v) is 4.16. The van der Waals surface area contributed by atoms with Gasteiger partial charge in [-0.1, -0.05) is 0 Å². The fraction of sp³-hybridized carbons (Fsp3) is 1.00. The molecule has 1 saturated heterocycles. The first-order chi connectivity index (χ1) is 8.77. The second-order valence-corrected chi connectivity index (χ2v) is 7.59. The molecule has 1 aliphatic heterocycles. The molecule has 3 heteroatoms. The lowest BCUT2D eigenvalue weighted by Gasteiger charge is -2.32. The van der Waals surface area contributed by atoms with Crippen molar-refractivity contribution in [1.29, 1.82) is 0 Å². The molecule has 3 nitrogen and oxygen atoms in total. The molecule has 2 aliphatic rings. The summed E-state index contributed by atoms with van der Waals surface area (Å²) in [5, 5.41) is 0. The van der Waals surface area contributed by atoms with Gasteiger partial charge in [-0.2, -0.15) is 0 Å². The summed E-state index contributed by atoms with van der Waals surface area (Å²) in [6.45, 7) is 12.3. The van der Waals surface area contributed by atoms with Crippen LogP contribution >= 0.6 is 0 Å². The SMILES string of the molecule is CC(C)(C)OCCC(C)(C)OC1CCC2CCOC21. The Kier molecular flexibility index (Phi) is 4.59. The first-order valence-electron chi connectivity index (χ1n) is 7.70. The van der Waals surface area contributed by atoms with Crippen LogP contribution in [0.4, 0.5) is 0 Å². The second-order valence-electron chi connectivity index (χ2n) is 7.59. The zero-order chi connectivity index (χ0) is 14.1. The molecule has 112 valence electrons. The van der Waals surface area contributed by atoms with E-state index in [0.29, 0.717) is 6.10 Å².